The van der Waals surface area contributed by atoms with E-state index >= 15 is 0 Å². The van der Waals surface area contributed by atoms with Crippen molar-refractivity contribution in [1.29, 1.82) is 0 Å². The molecule has 0 saturated carbocycles. The Morgan fingerprint density at radius 1 is 1.08 bits per heavy atom. The third kappa shape index (κ3) is 4.22. The van der Waals surface area contributed by atoms with E-state index in [9.17, 15) is 8.42 Å². The molecular weight excluding hydrogens is 410 g/mol. The van der Waals surface area contributed by atoms with E-state index in [4.69, 9.17) is 10.5 Å². The van der Waals surface area contributed by atoms with Gasteiger partial charge in [0, 0.05) is 28.8 Å². The van der Waals surface area contributed by atoms with Gasteiger partial charge in [-0.3, -0.25) is 4.72 Å². The fourth-order valence-electron chi connectivity index (χ4n) is 1.89. The minimum Gasteiger partial charge on any atom is -0.424 e. The number of ether oxygens (including phenoxy) is 1. The summed E-state index contributed by atoms with van der Waals surface area (Å²) in [5.74, 6) is 0.384. The van der Waals surface area contributed by atoms with Gasteiger partial charge in [-0.1, -0.05) is 0 Å². The van der Waals surface area contributed by atoms with Gasteiger partial charge in [-0.05, 0) is 52.3 Å². The molecule has 0 bridgehead atoms. The number of sulfonamides is 1. The van der Waals surface area contributed by atoms with Crippen molar-refractivity contribution in [3.63, 3.8) is 0 Å². The summed E-state index contributed by atoms with van der Waals surface area (Å²) in [6.45, 7) is 0. The van der Waals surface area contributed by atoms with Gasteiger partial charge in [0.15, 0.2) is 0 Å². The summed E-state index contributed by atoms with van der Waals surface area (Å²) in [6.07, 6.45) is 4.54. The second-order valence-electron chi connectivity index (χ2n) is 4.80. The van der Waals surface area contributed by atoms with Crippen molar-refractivity contribution >= 4 is 37.5 Å². The van der Waals surface area contributed by atoms with Crippen molar-refractivity contribution in [1.82, 2.24) is 15.0 Å². The Kier molecular flexibility index (Phi) is 4.81. The van der Waals surface area contributed by atoms with Gasteiger partial charge in [0.05, 0.1) is 0 Å². The molecule has 0 saturated heterocycles. The fourth-order valence-corrected chi connectivity index (χ4v) is 3.54. The minimum atomic E-state index is -3.87. The molecule has 2 aromatic heterocycles. The summed E-state index contributed by atoms with van der Waals surface area (Å²) < 4.78 is 33.3. The summed E-state index contributed by atoms with van der Waals surface area (Å²) in [7, 11) is -3.87. The van der Waals surface area contributed by atoms with Gasteiger partial charge >= 0.3 is 6.01 Å². The second kappa shape index (κ2) is 7.03. The Hall–Kier alpha value is -2.72. The van der Waals surface area contributed by atoms with Crippen LogP contribution in [-0.2, 0) is 10.0 Å². The predicted molar refractivity (Wildman–Crippen MR) is 95.7 cm³/mol. The molecule has 0 radical (unpaired) electrons. The molecule has 3 rings (SSSR count). The van der Waals surface area contributed by atoms with Crippen LogP contribution >= 0.6 is 15.9 Å². The number of aromatic nitrogens is 3. The Morgan fingerprint density at radius 3 is 2.44 bits per heavy atom. The van der Waals surface area contributed by atoms with Crippen molar-refractivity contribution in [2.45, 2.75) is 4.90 Å². The molecule has 3 N–H and O–H groups in total. The summed E-state index contributed by atoms with van der Waals surface area (Å²) in [6, 6.07) is 9.55. The number of pyridine rings is 1. The van der Waals surface area contributed by atoms with Crippen LogP contribution in [0.1, 0.15) is 0 Å². The van der Waals surface area contributed by atoms with Crippen LogP contribution in [0.5, 0.6) is 11.8 Å². The molecule has 0 aliphatic rings. The number of hydrogen-bond donors (Lipinski definition) is 2. The van der Waals surface area contributed by atoms with Crippen molar-refractivity contribution in [3.8, 4) is 11.8 Å². The Labute approximate surface area is 152 Å². The number of benzene rings is 1. The first-order valence-electron chi connectivity index (χ1n) is 6.93. The third-order valence-corrected chi connectivity index (χ3v) is 4.84. The maximum Gasteiger partial charge on any atom is 0.321 e. The Bertz CT molecular complexity index is 982. The summed E-state index contributed by atoms with van der Waals surface area (Å²) in [5, 5.41) is 0. The van der Waals surface area contributed by atoms with E-state index < -0.39 is 10.0 Å². The van der Waals surface area contributed by atoms with Gasteiger partial charge in [-0.2, -0.15) is 0 Å². The summed E-state index contributed by atoms with van der Waals surface area (Å²) >= 11 is 3.18. The van der Waals surface area contributed by atoms with E-state index in [0.29, 0.717) is 15.9 Å². The number of nitrogens with two attached hydrogens (primary N) is 1. The van der Waals surface area contributed by atoms with E-state index in [1.165, 1.54) is 12.3 Å². The number of nitrogens with one attached hydrogen (secondary N) is 1. The molecule has 2 heterocycles. The highest BCUT2D eigenvalue weighted by Gasteiger charge is 2.19. The molecule has 1 aromatic carbocycles. The average molecular weight is 422 g/mol. The lowest BCUT2D eigenvalue weighted by Crippen LogP contribution is -2.15. The molecule has 0 amide bonds. The van der Waals surface area contributed by atoms with E-state index in [-0.39, 0.29) is 16.7 Å². The first-order chi connectivity index (χ1) is 11.9. The normalized spacial score (nSPS) is 11.1. The minimum absolute atomic E-state index is 0.0862. The zero-order valence-electron chi connectivity index (χ0n) is 12.6. The molecule has 128 valence electrons. The second-order valence-corrected chi connectivity index (χ2v) is 7.37. The van der Waals surface area contributed by atoms with E-state index in [0.717, 1.165) is 0 Å². The van der Waals surface area contributed by atoms with Crippen LogP contribution in [0.25, 0.3) is 0 Å². The Balaban J connectivity index is 1.78. The van der Waals surface area contributed by atoms with Crippen LogP contribution in [0.4, 0.5) is 11.5 Å². The summed E-state index contributed by atoms with van der Waals surface area (Å²) in [5.41, 5.74) is 6.00. The Morgan fingerprint density at radius 2 is 1.76 bits per heavy atom. The van der Waals surface area contributed by atoms with Gasteiger partial charge in [0.1, 0.15) is 16.5 Å². The number of halogens is 1. The van der Waals surface area contributed by atoms with Crippen molar-refractivity contribution in [3.05, 3.63) is 59.5 Å². The maximum atomic E-state index is 12.4. The molecule has 0 fully saturated rings. The SMILES string of the molecule is Nc1ncc(Br)cc1S(=O)(=O)Nc1ccc(Oc2ncccn2)cc1. The lowest BCUT2D eigenvalue weighted by Gasteiger charge is -2.10. The van der Waals surface area contributed by atoms with Crippen molar-refractivity contribution in [2.24, 2.45) is 0 Å². The molecule has 0 aliphatic heterocycles. The number of anilines is 2. The zero-order valence-corrected chi connectivity index (χ0v) is 15.0. The standard InChI is InChI=1S/C15H12BrN5O3S/c16-10-8-13(14(17)20-9-10)25(22,23)21-11-2-4-12(5-3-11)24-15-18-6-1-7-19-15/h1-9,21H,(H2,17,20). The third-order valence-electron chi connectivity index (χ3n) is 3.00. The number of rotatable bonds is 5. The topological polar surface area (TPSA) is 120 Å². The molecular formula is C15H12BrN5O3S. The first kappa shape index (κ1) is 17.1. The quantitative estimate of drug-likeness (QED) is 0.649. The van der Waals surface area contributed by atoms with Crippen LogP contribution in [0.2, 0.25) is 0 Å². The number of nitrogen functional groups attached to an aromatic ring is 1. The van der Waals surface area contributed by atoms with Crippen LogP contribution < -0.4 is 15.2 Å². The van der Waals surface area contributed by atoms with Gasteiger partial charge in [-0.25, -0.2) is 23.4 Å². The van der Waals surface area contributed by atoms with Gasteiger partial charge in [0.2, 0.25) is 0 Å². The monoisotopic (exact) mass is 421 g/mol. The zero-order chi connectivity index (χ0) is 17.9. The maximum absolute atomic E-state index is 12.4. The van der Waals surface area contributed by atoms with Crippen LogP contribution in [0.3, 0.4) is 0 Å². The first-order valence-corrected chi connectivity index (χ1v) is 9.20. The lowest BCUT2D eigenvalue weighted by atomic mass is 10.3. The highest BCUT2D eigenvalue weighted by atomic mass is 79.9. The molecule has 0 unspecified atom stereocenters. The number of nitrogens with zero attached hydrogens (tertiary/aromatic N) is 3. The van der Waals surface area contributed by atoms with Gasteiger partial charge in [0.25, 0.3) is 10.0 Å². The predicted octanol–water partition coefficient (Wildman–Crippen LogP) is 2.81. The fraction of sp³-hybridized carbons (Fsp3) is 0. The summed E-state index contributed by atoms with van der Waals surface area (Å²) in [4.78, 5) is 11.6. The molecule has 8 nitrogen and oxygen atoms in total. The lowest BCUT2D eigenvalue weighted by molar-refractivity contribution is 0.442. The van der Waals surface area contributed by atoms with Gasteiger partial charge in [-0.15, -0.1) is 0 Å². The van der Waals surface area contributed by atoms with Crippen LogP contribution in [0.15, 0.2) is 64.4 Å². The highest BCUT2D eigenvalue weighted by molar-refractivity contribution is 9.10. The van der Waals surface area contributed by atoms with Gasteiger partial charge < -0.3 is 10.5 Å². The van der Waals surface area contributed by atoms with Crippen LogP contribution in [-0.4, -0.2) is 23.4 Å². The molecule has 25 heavy (non-hydrogen) atoms. The van der Waals surface area contributed by atoms with E-state index in [2.05, 4.69) is 35.6 Å². The largest absolute Gasteiger partial charge is 0.424 e. The highest BCUT2D eigenvalue weighted by Crippen LogP contribution is 2.25. The molecule has 0 spiro atoms. The van der Waals surface area contributed by atoms with E-state index in [1.54, 1.807) is 42.7 Å². The van der Waals surface area contributed by atoms with E-state index in [1.807, 2.05) is 0 Å². The van der Waals surface area contributed by atoms with Crippen LogP contribution in [0, 0.1) is 0 Å². The van der Waals surface area contributed by atoms with Crippen molar-refractivity contribution < 1.29 is 13.2 Å². The molecule has 10 heteroatoms. The molecule has 0 atom stereocenters. The number of hydrogen-bond acceptors (Lipinski definition) is 7. The molecule has 0 aliphatic carbocycles. The smallest absolute Gasteiger partial charge is 0.321 e. The average Bonchev–Trinajstić information content (AvgIpc) is 2.59. The molecule has 3 aromatic rings. The van der Waals surface area contributed by atoms with Crippen molar-refractivity contribution in [2.75, 3.05) is 10.5 Å².